The number of amides is 1. The summed E-state index contributed by atoms with van der Waals surface area (Å²) in [5, 5.41) is 10.5. The van der Waals surface area contributed by atoms with Crippen molar-refractivity contribution >= 4 is 23.7 Å². The van der Waals surface area contributed by atoms with Crippen LogP contribution in [0.2, 0.25) is 0 Å². The summed E-state index contributed by atoms with van der Waals surface area (Å²) in [5.74, 6) is -1.11. The van der Waals surface area contributed by atoms with Crippen LogP contribution in [0.1, 0.15) is 40.7 Å². The van der Waals surface area contributed by atoms with Gasteiger partial charge in [0.25, 0.3) is 0 Å². The second kappa shape index (κ2) is 13.4. The summed E-state index contributed by atoms with van der Waals surface area (Å²) in [7, 11) is 0. The number of nitrogens with two attached hydrogens (primary N) is 1. The van der Waals surface area contributed by atoms with E-state index in [-0.39, 0.29) is 43.4 Å². The van der Waals surface area contributed by atoms with Crippen LogP contribution in [0.25, 0.3) is 0 Å². The second-order valence-electron chi connectivity index (χ2n) is 8.13. The lowest BCUT2D eigenvalue weighted by Crippen LogP contribution is -2.31. The zero-order valence-corrected chi connectivity index (χ0v) is 19.8. The highest BCUT2D eigenvalue weighted by atomic mass is 16.5. The van der Waals surface area contributed by atoms with Gasteiger partial charge in [-0.25, -0.2) is 4.79 Å². The first-order valence-corrected chi connectivity index (χ1v) is 11.6. The van der Waals surface area contributed by atoms with Gasteiger partial charge in [-0.3, -0.25) is 15.0 Å². The Hall–Kier alpha value is -4.46. The summed E-state index contributed by atoms with van der Waals surface area (Å²) in [6.07, 6.45) is 0.0621. The molecule has 1 unspecified atom stereocenters. The number of hydrogen-bond donors (Lipinski definition) is 3. The van der Waals surface area contributed by atoms with Crippen molar-refractivity contribution < 1.29 is 23.9 Å². The van der Waals surface area contributed by atoms with Gasteiger partial charge in [0.05, 0.1) is 11.4 Å². The first-order chi connectivity index (χ1) is 17.4. The second-order valence-corrected chi connectivity index (χ2v) is 8.13. The van der Waals surface area contributed by atoms with Crippen LogP contribution >= 0.6 is 0 Å². The van der Waals surface area contributed by atoms with Gasteiger partial charge in [-0.15, -0.1) is 0 Å². The van der Waals surface area contributed by atoms with Gasteiger partial charge in [0.2, 0.25) is 0 Å². The van der Waals surface area contributed by atoms with Crippen molar-refractivity contribution in [3.05, 3.63) is 102 Å². The van der Waals surface area contributed by atoms with E-state index in [0.29, 0.717) is 17.5 Å². The zero-order valence-electron chi connectivity index (χ0n) is 19.8. The van der Waals surface area contributed by atoms with Crippen LogP contribution in [-0.2, 0) is 16.1 Å². The molecule has 186 valence electrons. The molecule has 0 aliphatic heterocycles. The largest absolute Gasteiger partial charge is 0.445 e. The molecule has 8 heteroatoms. The Kier molecular flexibility index (Phi) is 9.76. The lowest BCUT2D eigenvalue weighted by atomic mass is 9.98. The summed E-state index contributed by atoms with van der Waals surface area (Å²) in [5.41, 5.74) is 7.36. The number of hydrogen-bond acceptors (Lipinski definition) is 6. The number of amidine groups is 1. The molecule has 0 aliphatic carbocycles. The minimum absolute atomic E-state index is 0.00341. The van der Waals surface area contributed by atoms with Crippen LogP contribution in [0, 0.1) is 11.3 Å². The number of esters is 1. The molecule has 0 radical (unpaired) electrons. The van der Waals surface area contributed by atoms with E-state index in [0.717, 1.165) is 5.56 Å². The smallest absolute Gasteiger partial charge is 0.407 e. The predicted molar refractivity (Wildman–Crippen MR) is 136 cm³/mol. The van der Waals surface area contributed by atoms with Crippen LogP contribution in [0.4, 0.5) is 4.79 Å². The number of carbonyl (C=O) groups is 3. The number of nitrogens with one attached hydrogen (secondary N) is 2. The first kappa shape index (κ1) is 26.2. The molecule has 0 saturated heterocycles. The third-order valence-electron chi connectivity index (χ3n) is 5.50. The Morgan fingerprint density at radius 3 is 2.19 bits per heavy atom. The van der Waals surface area contributed by atoms with Crippen molar-refractivity contribution in [2.75, 3.05) is 6.54 Å². The minimum atomic E-state index is -0.569. The highest BCUT2D eigenvalue weighted by Gasteiger charge is 2.19. The summed E-state index contributed by atoms with van der Waals surface area (Å²) in [6.45, 7) is 0.393. The van der Waals surface area contributed by atoms with E-state index >= 15 is 0 Å². The monoisotopic (exact) mass is 487 g/mol. The standard InChI is InChI=1S/C28H29N3O5/c29-27(30)22(17-18-31-28(34)35-19-20-9-3-1-4-10-20)15-16-25(32)36-24-14-8-7-13-23(24)26(33)21-11-5-2-6-12-21/h1-14,22H,15-19H2,(H3,29,30)(H,31,34). The van der Waals surface area contributed by atoms with E-state index in [1.807, 2.05) is 36.4 Å². The molecule has 4 N–H and O–H groups in total. The molecule has 0 heterocycles. The van der Waals surface area contributed by atoms with E-state index in [1.54, 1.807) is 48.5 Å². The number of benzene rings is 3. The molecule has 0 aliphatic rings. The number of carbonyl (C=O) groups excluding carboxylic acids is 3. The third-order valence-corrected chi connectivity index (χ3v) is 5.50. The van der Waals surface area contributed by atoms with Crippen molar-refractivity contribution in [3.8, 4) is 5.75 Å². The van der Waals surface area contributed by atoms with E-state index in [1.165, 1.54) is 0 Å². The number of rotatable bonds is 12. The fraction of sp³-hybridized carbons (Fsp3) is 0.214. The Balaban J connectivity index is 1.46. The topological polar surface area (TPSA) is 132 Å². The van der Waals surface area contributed by atoms with Gasteiger partial charge in [0.1, 0.15) is 12.4 Å². The molecule has 0 bridgehead atoms. The third kappa shape index (κ3) is 8.09. The van der Waals surface area contributed by atoms with E-state index < -0.39 is 18.0 Å². The lowest BCUT2D eigenvalue weighted by Gasteiger charge is -2.16. The number of ketones is 1. The Morgan fingerprint density at radius 1 is 0.861 bits per heavy atom. The molecule has 8 nitrogen and oxygen atoms in total. The Labute approximate surface area is 209 Å². The van der Waals surface area contributed by atoms with E-state index in [4.69, 9.17) is 20.6 Å². The predicted octanol–water partition coefficient (Wildman–Crippen LogP) is 4.47. The molecule has 1 atom stereocenters. The normalized spacial score (nSPS) is 11.2. The Bertz CT molecular complexity index is 1180. The molecule has 1 amide bonds. The molecule has 3 aromatic rings. The van der Waals surface area contributed by atoms with Gasteiger partial charge in [-0.05, 0) is 30.5 Å². The Morgan fingerprint density at radius 2 is 1.50 bits per heavy atom. The van der Waals surface area contributed by atoms with E-state index in [9.17, 15) is 14.4 Å². The van der Waals surface area contributed by atoms with Crippen molar-refractivity contribution in [1.82, 2.24) is 5.32 Å². The van der Waals surface area contributed by atoms with Crippen molar-refractivity contribution in [1.29, 1.82) is 5.41 Å². The number of para-hydroxylation sites is 1. The summed E-state index contributed by atoms with van der Waals surface area (Å²) >= 11 is 0. The first-order valence-electron chi connectivity index (χ1n) is 11.6. The summed E-state index contributed by atoms with van der Waals surface area (Å²) in [6, 6.07) is 24.6. The zero-order chi connectivity index (χ0) is 25.8. The molecular weight excluding hydrogens is 458 g/mol. The van der Waals surface area contributed by atoms with Crippen LogP contribution in [0.15, 0.2) is 84.9 Å². The van der Waals surface area contributed by atoms with Crippen LogP contribution < -0.4 is 15.8 Å². The van der Waals surface area contributed by atoms with Crippen molar-refractivity contribution in [3.63, 3.8) is 0 Å². The van der Waals surface area contributed by atoms with Crippen LogP contribution in [0.5, 0.6) is 5.75 Å². The quantitative estimate of drug-likeness (QED) is 0.114. The fourth-order valence-corrected chi connectivity index (χ4v) is 3.53. The van der Waals surface area contributed by atoms with Crippen molar-refractivity contribution in [2.24, 2.45) is 11.7 Å². The van der Waals surface area contributed by atoms with Crippen LogP contribution in [-0.4, -0.2) is 30.2 Å². The molecule has 3 rings (SSSR count). The highest BCUT2D eigenvalue weighted by Crippen LogP contribution is 2.23. The minimum Gasteiger partial charge on any atom is -0.445 e. The summed E-state index contributed by atoms with van der Waals surface area (Å²) in [4.78, 5) is 37.2. The number of alkyl carbamates (subject to hydrolysis) is 1. The maximum atomic E-state index is 12.8. The lowest BCUT2D eigenvalue weighted by molar-refractivity contribution is -0.134. The molecular formula is C28H29N3O5. The van der Waals surface area contributed by atoms with Gasteiger partial charge < -0.3 is 20.5 Å². The average molecular weight is 488 g/mol. The molecule has 36 heavy (non-hydrogen) atoms. The van der Waals surface area contributed by atoms with Gasteiger partial charge in [0.15, 0.2) is 5.78 Å². The van der Waals surface area contributed by atoms with Gasteiger partial charge >= 0.3 is 12.1 Å². The molecule has 0 fully saturated rings. The molecule has 3 aromatic carbocycles. The maximum absolute atomic E-state index is 12.8. The summed E-state index contributed by atoms with van der Waals surface area (Å²) < 4.78 is 10.6. The molecule has 0 spiro atoms. The average Bonchev–Trinajstić information content (AvgIpc) is 2.90. The van der Waals surface area contributed by atoms with Gasteiger partial charge in [-0.1, -0.05) is 72.8 Å². The highest BCUT2D eigenvalue weighted by molar-refractivity contribution is 6.11. The molecule has 0 aromatic heterocycles. The maximum Gasteiger partial charge on any atom is 0.407 e. The van der Waals surface area contributed by atoms with E-state index in [2.05, 4.69) is 5.32 Å². The van der Waals surface area contributed by atoms with Gasteiger partial charge in [-0.2, -0.15) is 0 Å². The fourth-order valence-electron chi connectivity index (χ4n) is 3.53. The van der Waals surface area contributed by atoms with Crippen molar-refractivity contribution in [2.45, 2.75) is 25.9 Å². The number of ether oxygens (including phenoxy) is 2. The van der Waals surface area contributed by atoms with Gasteiger partial charge in [0, 0.05) is 24.4 Å². The van der Waals surface area contributed by atoms with Crippen LogP contribution in [0.3, 0.4) is 0 Å². The SMILES string of the molecule is N=C(N)C(CCNC(=O)OCc1ccccc1)CCC(=O)Oc1ccccc1C(=O)c1ccccc1. The molecule has 0 saturated carbocycles.